The summed E-state index contributed by atoms with van der Waals surface area (Å²) in [7, 11) is 1.51. The first-order chi connectivity index (χ1) is 15.7. The van der Waals surface area contributed by atoms with Crippen LogP contribution in [0.5, 0.6) is 5.88 Å². The van der Waals surface area contributed by atoms with Crippen LogP contribution in [0, 0.1) is 0 Å². The Morgan fingerprint density at radius 1 is 1.09 bits per heavy atom. The number of amides is 3. The summed E-state index contributed by atoms with van der Waals surface area (Å²) in [4.78, 5) is 33.6. The summed E-state index contributed by atoms with van der Waals surface area (Å²) < 4.78 is 43.2. The molecule has 0 radical (unpaired) electrons. The molecule has 1 saturated heterocycles. The molecule has 0 atom stereocenters. The van der Waals surface area contributed by atoms with Gasteiger partial charge in [-0.1, -0.05) is 18.2 Å². The molecule has 10 heteroatoms. The Morgan fingerprint density at radius 2 is 1.79 bits per heavy atom. The van der Waals surface area contributed by atoms with Crippen LogP contribution in [-0.2, 0) is 11.3 Å². The minimum absolute atomic E-state index is 0.0151. The van der Waals surface area contributed by atoms with Crippen molar-refractivity contribution in [2.75, 3.05) is 12.0 Å². The topological polar surface area (TPSA) is 62.7 Å². The van der Waals surface area contributed by atoms with Gasteiger partial charge in [-0.25, -0.2) is 14.7 Å². The minimum atomic E-state index is -4.41. The summed E-state index contributed by atoms with van der Waals surface area (Å²) in [6.07, 6.45) is 1.08. The van der Waals surface area contributed by atoms with Crippen LogP contribution < -0.4 is 9.64 Å². The quantitative estimate of drug-likeness (QED) is 0.369. The molecule has 1 aliphatic heterocycles. The number of fused-ring (bicyclic) bond motifs is 1. The van der Waals surface area contributed by atoms with Gasteiger partial charge in [0.05, 0.1) is 18.3 Å². The fourth-order valence-electron chi connectivity index (χ4n) is 4.19. The Bertz CT molecular complexity index is 1260. The second kappa shape index (κ2) is 7.65. The van der Waals surface area contributed by atoms with Gasteiger partial charge in [0.1, 0.15) is 5.54 Å². The molecule has 1 aliphatic carbocycles. The van der Waals surface area contributed by atoms with Crippen molar-refractivity contribution in [2.45, 2.75) is 35.3 Å². The molecule has 5 rings (SSSR count). The molecule has 3 aromatic rings. The highest BCUT2D eigenvalue weighted by Crippen LogP contribution is 2.50. The van der Waals surface area contributed by atoms with Gasteiger partial charge in [0.2, 0.25) is 5.88 Å². The zero-order valence-corrected chi connectivity index (χ0v) is 18.2. The van der Waals surface area contributed by atoms with E-state index in [4.69, 9.17) is 4.74 Å². The maximum atomic E-state index is 13.4. The van der Waals surface area contributed by atoms with Gasteiger partial charge in [-0.05, 0) is 60.5 Å². The number of ether oxygens (including phenoxy) is 1. The van der Waals surface area contributed by atoms with Gasteiger partial charge in [-0.3, -0.25) is 4.79 Å². The molecular weight excluding hydrogens is 455 g/mol. The molecule has 1 saturated carbocycles. The standard InChI is InChI=1S/C23H18F3N3O3S/c1-32-19-12-14(17-4-2-3-5-18(17)27-19)13-28-21(31)29(20(30)22(28)10-11-22)15-6-8-16(9-7-15)33-23(24,25)26/h2-9,12H,10-11,13H2,1H3. The Balaban J connectivity index is 1.47. The predicted octanol–water partition coefficient (Wildman–Crippen LogP) is 5.36. The zero-order chi connectivity index (χ0) is 23.4. The van der Waals surface area contributed by atoms with Crippen molar-refractivity contribution in [2.24, 2.45) is 0 Å². The number of methoxy groups -OCH3 is 1. The molecule has 2 fully saturated rings. The Kier molecular flexibility index (Phi) is 5.00. The predicted molar refractivity (Wildman–Crippen MR) is 117 cm³/mol. The molecule has 2 aromatic carbocycles. The minimum Gasteiger partial charge on any atom is -0.481 e. The Labute approximate surface area is 191 Å². The average Bonchev–Trinajstić information content (AvgIpc) is 3.55. The van der Waals surface area contributed by atoms with Gasteiger partial charge in [0.15, 0.2) is 0 Å². The highest BCUT2D eigenvalue weighted by molar-refractivity contribution is 8.00. The smallest absolute Gasteiger partial charge is 0.446 e. The third-order valence-corrected chi connectivity index (χ3v) is 6.65. The van der Waals surface area contributed by atoms with E-state index in [1.807, 2.05) is 24.3 Å². The SMILES string of the molecule is COc1cc(CN2C(=O)N(c3ccc(SC(F)(F)F)cc3)C(=O)C23CC3)c2ccccc2n1. The molecule has 170 valence electrons. The largest absolute Gasteiger partial charge is 0.481 e. The molecule has 1 spiro atoms. The van der Waals surface area contributed by atoms with E-state index in [0.29, 0.717) is 24.2 Å². The van der Waals surface area contributed by atoms with Crippen LogP contribution in [-0.4, -0.2) is 40.0 Å². The van der Waals surface area contributed by atoms with Crippen molar-refractivity contribution in [1.82, 2.24) is 9.88 Å². The number of urea groups is 1. The zero-order valence-electron chi connectivity index (χ0n) is 17.4. The number of nitrogens with zero attached hydrogens (tertiary/aromatic N) is 3. The molecule has 2 aliphatic rings. The number of para-hydroxylation sites is 1. The molecule has 3 amide bonds. The van der Waals surface area contributed by atoms with Crippen LogP contribution in [0.25, 0.3) is 10.9 Å². The van der Waals surface area contributed by atoms with E-state index in [-0.39, 0.29) is 34.8 Å². The molecule has 0 N–H and O–H groups in total. The van der Waals surface area contributed by atoms with E-state index in [2.05, 4.69) is 4.98 Å². The van der Waals surface area contributed by atoms with E-state index >= 15 is 0 Å². The number of aromatic nitrogens is 1. The molecule has 0 unspecified atom stereocenters. The van der Waals surface area contributed by atoms with Gasteiger partial charge in [-0.15, -0.1) is 0 Å². The van der Waals surface area contributed by atoms with E-state index in [1.54, 1.807) is 11.0 Å². The first-order valence-corrected chi connectivity index (χ1v) is 11.0. The molecule has 1 aromatic heterocycles. The molecular formula is C23H18F3N3O3S. The van der Waals surface area contributed by atoms with Crippen LogP contribution in [0.4, 0.5) is 23.7 Å². The third kappa shape index (κ3) is 3.78. The first kappa shape index (κ1) is 21.6. The lowest BCUT2D eigenvalue weighted by atomic mass is 10.1. The Morgan fingerprint density at radius 3 is 2.42 bits per heavy atom. The lowest BCUT2D eigenvalue weighted by Gasteiger charge is -2.22. The molecule has 33 heavy (non-hydrogen) atoms. The van der Waals surface area contributed by atoms with E-state index in [0.717, 1.165) is 15.8 Å². The summed E-state index contributed by atoms with van der Waals surface area (Å²) in [5.41, 5.74) is -3.58. The van der Waals surface area contributed by atoms with Gasteiger partial charge >= 0.3 is 11.5 Å². The number of carbonyl (C=O) groups is 2. The summed E-state index contributed by atoms with van der Waals surface area (Å²) in [5.74, 6) is 0.0511. The van der Waals surface area contributed by atoms with Crippen LogP contribution in [0.1, 0.15) is 18.4 Å². The van der Waals surface area contributed by atoms with Crippen LogP contribution >= 0.6 is 11.8 Å². The number of thioether (sulfide) groups is 1. The summed E-state index contributed by atoms with van der Waals surface area (Å²) in [6.45, 7) is 0.183. The monoisotopic (exact) mass is 473 g/mol. The van der Waals surface area contributed by atoms with Crippen molar-refractivity contribution in [3.8, 4) is 5.88 Å². The summed E-state index contributed by atoms with van der Waals surface area (Å²) >= 11 is -0.244. The van der Waals surface area contributed by atoms with Gasteiger partial charge in [0, 0.05) is 22.9 Å². The fraction of sp³-hybridized carbons (Fsp3) is 0.261. The third-order valence-electron chi connectivity index (χ3n) is 5.91. The van der Waals surface area contributed by atoms with Gasteiger partial charge in [0.25, 0.3) is 5.91 Å². The number of alkyl halides is 3. The van der Waals surface area contributed by atoms with Gasteiger partial charge in [-0.2, -0.15) is 13.2 Å². The lowest BCUT2D eigenvalue weighted by Crippen LogP contribution is -2.36. The fourth-order valence-corrected chi connectivity index (χ4v) is 4.73. The Hall–Kier alpha value is -3.27. The summed E-state index contributed by atoms with van der Waals surface area (Å²) in [6, 6.07) is 14.0. The number of carbonyl (C=O) groups excluding carboxylic acids is 2. The number of benzene rings is 2. The average molecular weight is 473 g/mol. The molecule has 0 bridgehead atoms. The van der Waals surface area contributed by atoms with E-state index < -0.39 is 17.1 Å². The normalized spacial score (nSPS) is 17.3. The number of pyridine rings is 1. The van der Waals surface area contributed by atoms with E-state index in [9.17, 15) is 22.8 Å². The number of halogens is 3. The molecule has 6 nitrogen and oxygen atoms in total. The maximum absolute atomic E-state index is 13.4. The number of rotatable bonds is 5. The summed E-state index contributed by atoms with van der Waals surface area (Å²) in [5, 5.41) is 0.848. The van der Waals surface area contributed by atoms with Crippen LogP contribution in [0.2, 0.25) is 0 Å². The second-order valence-electron chi connectivity index (χ2n) is 7.92. The van der Waals surface area contributed by atoms with Crippen molar-refractivity contribution < 1.29 is 27.5 Å². The van der Waals surface area contributed by atoms with Crippen LogP contribution in [0.3, 0.4) is 0 Å². The van der Waals surface area contributed by atoms with Crippen LogP contribution in [0.15, 0.2) is 59.5 Å². The highest BCUT2D eigenvalue weighted by atomic mass is 32.2. The number of imide groups is 1. The number of anilines is 1. The number of hydrogen-bond donors (Lipinski definition) is 0. The van der Waals surface area contributed by atoms with E-state index in [1.165, 1.54) is 31.4 Å². The van der Waals surface area contributed by atoms with Gasteiger partial charge < -0.3 is 9.64 Å². The molecule has 2 heterocycles. The van der Waals surface area contributed by atoms with Crippen molar-refractivity contribution in [1.29, 1.82) is 0 Å². The van der Waals surface area contributed by atoms with Crippen molar-refractivity contribution >= 4 is 40.3 Å². The maximum Gasteiger partial charge on any atom is 0.446 e. The van der Waals surface area contributed by atoms with Crippen molar-refractivity contribution in [3.63, 3.8) is 0 Å². The highest BCUT2D eigenvalue weighted by Gasteiger charge is 2.65. The lowest BCUT2D eigenvalue weighted by molar-refractivity contribution is -0.120. The van der Waals surface area contributed by atoms with Crippen molar-refractivity contribution in [3.05, 3.63) is 60.2 Å². The second-order valence-corrected chi connectivity index (χ2v) is 9.06. The first-order valence-electron chi connectivity index (χ1n) is 10.2. The number of hydrogen-bond acceptors (Lipinski definition) is 5.